The number of carboxylic acids is 1. The summed E-state index contributed by atoms with van der Waals surface area (Å²) in [6.45, 7) is 8.18. The molecule has 0 aromatic carbocycles. The normalized spacial score (nSPS) is 7.64. The van der Waals surface area contributed by atoms with Gasteiger partial charge in [-0.05, 0) is 20.8 Å². The van der Waals surface area contributed by atoms with E-state index in [2.05, 4.69) is 4.74 Å². The second kappa shape index (κ2) is 14.4. The number of hydrogen-bond acceptors (Lipinski definition) is 4. The number of aliphatic hydroxyl groups excluding tert-OH is 1. The lowest BCUT2D eigenvalue weighted by Crippen LogP contribution is -1.95. The van der Waals surface area contributed by atoms with Crippen molar-refractivity contribution >= 4 is 11.9 Å². The van der Waals surface area contributed by atoms with Crippen LogP contribution in [0.4, 0.5) is 0 Å². The molecule has 5 heteroatoms. The number of ether oxygens (including phenoxy) is 1. The largest absolute Gasteiger partial charge is 0.481 e. The third-order valence-electron chi connectivity index (χ3n) is 0.348. The highest BCUT2D eigenvalue weighted by molar-refractivity contribution is 5.65. The van der Waals surface area contributed by atoms with Crippen molar-refractivity contribution in [1.82, 2.24) is 0 Å². The van der Waals surface area contributed by atoms with E-state index in [0.717, 1.165) is 6.92 Å². The van der Waals surface area contributed by atoms with Gasteiger partial charge in [-0.15, -0.1) is 0 Å². The number of carbonyl (C=O) groups is 2. The molecule has 0 rings (SSSR count). The third-order valence-corrected chi connectivity index (χ3v) is 0.348. The number of aliphatic hydroxyl groups is 1. The van der Waals surface area contributed by atoms with Crippen molar-refractivity contribution in [3.05, 3.63) is 0 Å². The van der Waals surface area contributed by atoms with Crippen LogP contribution in [0.1, 0.15) is 34.6 Å². The molecule has 0 radical (unpaired) electrons. The van der Waals surface area contributed by atoms with E-state index in [1.807, 2.05) is 0 Å². The highest BCUT2D eigenvalue weighted by atomic mass is 16.5. The fourth-order valence-electron chi connectivity index (χ4n) is 0.203. The van der Waals surface area contributed by atoms with E-state index in [1.54, 1.807) is 20.8 Å². The summed E-state index contributed by atoms with van der Waals surface area (Å²) in [6.07, 6.45) is -0.167. The minimum atomic E-state index is -0.833. The summed E-state index contributed by atoms with van der Waals surface area (Å²) in [5.41, 5.74) is 0. The molecule has 0 aromatic heterocycles. The Morgan fingerprint density at radius 1 is 1.29 bits per heavy atom. The van der Waals surface area contributed by atoms with Crippen LogP contribution in [0.2, 0.25) is 0 Å². The van der Waals surface area contributed by atoms with Crippen LogP contribution in [-0.4, -0.2) is 34.9 Å². The van der Waals surface area contributed by atoms with Crippen molar-refractivity contribution in [1.29, 1.82) is 0 Å². The molecule has 5 nitrogen and oxygen atoms in total. The molecular weight excluding hydrogens is 188 g/mol. The van der Waals surface area contributed by atoms with E-state index in [4.69, 9.17) is 15.0 Å². The number of carbonyl (C=O) groups excluding carboxylic acids is 1. The topological polar surface area (TPSA) is 83.8 Å². The van der Waals surface area contributed by atoms with Crippen molar-refractivity contribution in [3.8, 4) is 0 Å². The summed E-state index contributed by atoms with van der Waals surface area (Å²) >= 11 is 0. The van der Waals surface area contributed by atoms with Gasteiger partial charge < -0.3 is 14.9 Å². The minimum absolute atomic E-state index is 0.167. The predicted octanol–water partition coefficient (Wildman–Crippen LogP) is 1.05. The summed E-state index contributed by atoms with van der Waals surface area (Å²) in [5, 5.41) is 15.5. The molecule has 0 spiro atoms. The Balaban J connectivity index is -0.000000135. The van der Waals surface area contributed by atoms with Crippen molar-refractivity contribution in [3.63, 3.8) is 0 Å². The number of rotatable bonds is 1. The second-order valence-electron chi connectivity index (χ2n) is 2.54. The Labute approximate surface area is 84.7 Å². The zero-order chi connectivity index (χ0) is 12.1. The van der Waals surface area contributed by atoms with Crippen LogP contribution >= 0.6 is 0 Å². The lowest BCUT2D eigenvalue weighted by molar-refractivity contribution is -0.140. The maximum absolute atomic E-state index is 9.82. The van der Waals surface area contributed by atoms with E-state index >= 15 is 0 Å². The first kappa shape index (κ1) is 18.6. The molecule has 0 saturated carbocycles. The number of carboxylic acid groups (broad SMARTS) is 1. The molecule has 0 aliphatic rings. The Morgan fingerprint density at radius 2 is 1.50 bits per heavy atom. The summed E-state index contributed by atoms with van der Waals surface area (Å²) < 4.78 is 4.40. The first-order chi connectivity index (χ1) is 6.23. The molecule has 2 N–H and O–H groups in total. The molecule has 0 fully saturated rings. The zero-order valence-electron chi connectivity index (χ0n) is 9.40. The van der Waals surface area contributed by atoms with Gasteiger partial charge in [0.1, 0.15) is 0 Å². The number of hydrogen-bond donors (Lipinski definition) is 2. The SMILES string of the molecule is CC(=O)O.CC(C)O.CCOC(C)=O. The summed E-state index contributed by atoms with van der Waals surface area (Å²) in [6, 6.07) is 0. The Kier molecular flexibility index (Phi) is 19.2. The van der Waals surface area contributed by atoms with Crippen LogP contribution in [0.5, 0.6) is 0 Å². The van der Waals surface area contributed by atoms with E-state index in [-0.39, 0.29) is 12.1 Å². The molecule has 86 valence electrons. The van der Waals surface area contributed by atoms with Crippen molar-refractivity contribution < 1.29 is 24.5 Å². The maximum Gasteiger partial charge on any atom is 0.302 e. The molecule has 0 bridgehead atoms. The van der Waals surface area contributed by atoms with Gasteiger partial charge in [0.2, 0.25) is 0 Å². The quantitative estimate of drug-likeness (QED) is 0.629. The Morgan fingerprint density at radius 3 is 1.50 bits per heavy atom. The van der Waals surface area contributed by atoms with Crippen LogP contribution < -0.4 is 0 Å². The zero-order valence-corrected chi connectivity index (χ0v) is 9.40. The van der Waals surface area contributed by atoms with Crippen molar-refractivity contribution in [2.75, 3.05) is 6.61 Å². The summed E-state index contributed by atoms with van der Waals surface area (Å²) in [7, 11) is 0. The van der Waals surface area contributed by atoms with Crippen LogP contribution in [0.25, 0.3) is 0 Å². The van der Waals surface area contributed by atoms with Gasteiger partial charge in [-0.1, -0.05) is 0 Å². The molecule has 0 atom stereocenters. The monoisotopic (exact) mass is 208 g/mol. The molecule has 0 aliphatic heterocycles. The molecule has 0 heterocycles. The van der Waals surface area contributed by atoms with Crippen LogP contribution in [-0.2, 0) is 14.3 Å². The number of esters is 1. The molecule has 0 saturated heterocycles. The smallest absolute Gasteiger partial charge is 0.302 e. The maximum atomic E-state index is 9.82. The fourth-order valence-corrected chi connectivity index (χ4v) is 0.203. The summed E-state index contributed by atoms with van der Waals surface area (Å²) in [4.78, 5) is 18.8. The van der Waals surface area contributed by atoms with Gasteiger partial charge in [-0.2, -0.15) is 0 Å². The van der Waals surface area contributed by atoms with Gasteiger partial charge in [0.05, 0.1) is 6.61 Å². The van der Waals surface area contributed by atoms with Crippen molar-refractivity contribution in [2.24, 2.45) is 0 Å². The molecule has 0 amide bonds. The second-order valence-corrected chi connectivity index (χ2v) is 2.54. The highest BCUT2D eigenvalue weighted by Gasteiger charge is 1.81. The average Bonchev–Trinajstić information content (AvgIpc) is 1.82. The lowest BCUT2D eigenvalue weighted by Gasteiger charge is -1.89. The first-order valence-corrected chi connectivity index (χ1v) is 4.24. The van der Waals surface area contributed by atoms with Crippen LogP contribution in [0, 0.1) is 0 Å². The molecule has 0 unspecified atom stereocenters. The number of aliphatic carboxylic acids is 1. The minimum Gasteiger partial charge on any atom is -0.481 e. The highest BCUT2D eigenvalue weighted by Crippen LogP contribution is 1.69. The van der Waals surface area contributed by atoms with E-state index in [1.165, 1.54) is 6.92 Å². The predicted molar refractivity (Wildman–Crippen MR) is 53.0 cm³/mol. The molecule has 0 aliphatic carbocycles. The standard InChI is InChI=1S/C4H8O2.C3H8O.C2H4O2/c1-3-6-4(2)5;1-3(2)4;1-2(3)4/h3H2,1-2H3;3-4H,1-2H3;1H3,(H,3,4). The van der Waals surface area contributed by atoms with Gasteiger partial charge in [0.25, 0.3) is 5.97 Å². The lowest BCUT2D eigenvalue weighted by atomic mass is 10.5. The van der Waals surface area contributed by atoms with Crippen LogP contribution in [0.3, 0.4) is 0 Å². The van der Waals surface area contributed by atoms with Gasteiger partial charge >= 0.3 is 5.97 Å². The third kappa shape index (κ3) is 296. The Bertz CT molecular complexity index is 135. The van der Waals surface area contributed by atoms with Gasteiger partial charge in [-0.25, -0.2) is 0 Å². The van der Waals surface area contributed by atoms with E-state index in [0.29, 0.717) is 6.61 Å². The summed E-state index contributed by atoms with van der Waals surface area (Å²) in [5.74, 6) is -1.04. The molecular formula is C9H20O5. The van der Waals surface area contributed by atoms with Gasteiger partial charge in [-0.3, -0.25) is 9.59 Å². The van der Waals surface area contributed by atoms with Gasteiger partial charge in [0.15, 0.2) is 0 Å². The van der Waals surface area contributed by atoms with Crippen molar-refractivity contribution in [2.45, 2.75) is 40.7 Å². The Hall–Kier alpha value is -1.10. The molecule has 0 aromatic rings. The first-order valence-electron chi connectivity index (χ1n) is 4.24. The molecule has 14 heavy (non-hydrogen) atoms. The fraction of sp³-hybridized carbons (Fsp3) is 0.778. The van der Waals surface area contributed by atoms with E-state index in [9.17, 15) is 4.79 Å². The van der Waals surface area contributed by atoms with Gasteiger partial charge in [0, 0.05) is 20.0 Å². The van der Waals surface area contributed by atoms with Crippen LogP contribution in [0.15, 0.2) is 0 Å². The average molecular weight is 208 g/mol. The van der Waals surface area contributed by atoms with E-state index < -0.39 is 5.97 Å².